The number of hydrogen-bond acceptors (Lipinski definition) is 5. The fraction of sp³-hybridized carbons (Fsp3) is 0.500. The molecule has 1 N–H and O–H groups in total. The van der Waals surface area contributed by atoms with Crippen LogP contribution in [0.4, 0.5) is 0 Å². The van der Waals surface area contributed by atoms with E-state index in [-0.39, 0.29) is 24.8 Å². The molecule has 1 fully saturated rings. The van der Waals surface area contributed by atoms with Gasteiger partial charge in [0.1, 0.15) is 0 Å². The Labute approximate surface area is 152 Å². The predicted molar refractivity (Wildman–Crippen MR) is 96.1 cm³/mol. The van der Waals surface area contributed by atoms with Crippen LogP contribution in [0.1, 0.15) is 19.4 Å². The van der Waals surface area contributed by atoms with Crippen molar-refractivity contribution in [3.05, 3.63) is 28.8 Å². The molecule has 2 atom stereocenters. The largest absolute Gasteiger partial charge is 0.454 e. The second-order valence-electron chi connectivity index (χ2n) is 6.26. The molecule has 2 aliphatic heterocycles. The monoisotopic (exact) mass is 366 g/mol. The van der Waals surface area contributed by atoms with Crippen LogP contribution >= 0.6 is 11.6 Å². The van der Waals surface area contributed by atoms with Crippen molar-refractivity contribution in [2.75, 3.05) is 33.1 Å². The number of fused-ring (bicyclic) bond motifs is 1. The Balaban J connectivity index is 1.56. The molecule has 7 heteroatoms. The maximum absolute atomic E-state index is 12.2. The summed E-state index contributed by atoms with van der Waals surface area (Å²) in [6.45, 7) is 7.59. The topological polar surface area (TPSA) is 60.0 Å². The van der Waals surface area contributed by atoms with E-state index in [9.17, 15) is 4.79 Å². The number of amides is 1. The van der Waals surface area contributed by atoms with Crippen LogP contribution in [0.3, 0.4) is 0 Å². The van der Waals surface area contributed by atoms with E-state index in [0.29, 0.717) is 16.5 Å². The number of benzene rings is 1. The highest BCUT2D eigenvalue weighted by Gasteiger charge is 2.23. The summed E-state index contributed by atoms with van der Waals surface area (Å²) >= 11 is 6.15. The first-order valence-corrected chi connectivity index (χ1v) is 8.82. The first kappa shape index (κ1) is 18.0. The Hall–Kier alpha value is -1.76. The zero-order chi connectivity index (χ0) is 17.8. The molecule has 136 valence electrons. The Morgan fingerprint density at radius 3 is 2.80 bits per heavy atom. The van der Waals surface area contributed by atoms with Gasteiger partial charge in [0.05, 0.1) is 18.2 Å². The maximum atomic E-state index is 12.2. The van der Waals surface area contributed by atoms with Crippen LogP contribution in [0, 0.1) is 0 Å². The van der Waals surface area contributed by atoms with Gasteiger partial charge in [0.25, 0.3) is 0 Å². The molecule has 2 aliphatic rings. The van der Waals surface area contributed by atoms with Gasteiger partial charge < -0.3 is 19.5 Å². The number of rotatable bonds is 5. The second-order valence-corrected chi connectivity index (χ2v) is 6.66. The SMILES string of the molecule is CC(NC(=O)/C=C/c1cc(Cl)c2c(c1)OCO2)C(C)N1CCOCC1. The lowest BCUT2D eigenvalue weighted by Crippen LogP contribution is -2.51. The molecular weight excluding hydrogens is 344 g/mol. The number of nitrogens with one attached hydrogen (secondary N) is 1. The van der Waals surface area contributed by atoms with Crippen molar-refractivity contribution in [2.45, 2.75) is 25.9 Å². The first-order valence-electron chi connectivity index (χ1n) is 8.44. The first-order chi connectivity index (χ1) is 12.0. The highest BCUT2D eigenvalue weighted by Crippen LogP contribution is 2.40. The number of ether oxygens (including phenoxy) is 3. The summed E-state index contributed by atoms with van der Waals surface area (Å²) in [5, 5.41) is 3.49. The van der Waals surface area contributed by atoms with Crippen LogP contribution < -0.4 is 14.8 Å². The van der Waals surface area contributed by atoms with Crippen molar-refractivity contribution in [2.24, 2.45) is 0 Å². The molecule has 25 heavy (non-hydrogen) atoms. The molecule has 0 bridgehead atoms. The molecule has 0 saturated carbocycles. The summed E-state index contributed by atoms with van der Waals surface area (Å²) in [6.07, 6.45) is 3.23. The van der Waals surface area contributed by atoms with Gasteiger partial charge in [0.2, 0.25) is 12.7 Å². The Bertz CT molecular complexity index is 659. The van der Waals surface area contributed by atoms with Gasteiger partial charge in [-0.2, -0.15) is 0 Å². The molecule has 1 saturated heterocycles. The van der Waals surface area contributed by atoms with E-state index in [1.165, 1.54) is 6.08 Å². The fourth-order valence-corrected chi connectivity index (χ4v) is 3.22. The van der Waals surface area contributed by atoms with E-state index in [0.717, 1.165) is 31.9 Å². The number of hydrogen-bond donors (Lipinski definition) is 1. The third-order valence-corrected chi connectivity index (χ3v) is 4.87. The van der Waals surface area contributed by atoms with E-state index in [2.05, 4.69) is 17.1 Å². The Morgan fingerprint density at radius 1 is 1.28 bits per heavy atom. The third-order valence-electron chi connectivity index (χ3n) is 4.59. The highest BCUT2D eigenvalue weighted by molar-refractivity contribution is 6.32. The molecule has 0 aliphatic carbocycles. The van der Waals surface area contributed by atoms with E-state index in [1.807, 2.05) is 6.92 Å². The summed E-state index contributed by atoms with van der Waals surface area (Å²) in [4.78, 5) is 14.5. The summed E-state index contributed by atoms with van der Waals surface area (Å²) in [5.74, 6) is 1.01. The smallest absolute Gasteiger partial charge is 0.244 e. The molecule has 3 rings (SSSR count). The zero-order valence-corrected chi connectivity index (χ0v) is 15.2. The van der Waals surface area contributed by atoms with Crippen molar-refractivity contribution in [1.29, 1.82) is 0 Å². The summed E-state index contributed by atoms with van der Waals surface area (Å²) in [5.41, 5.74) is 0.790. The predicted octanol–water partition coefficient (Wildman–Crippen LogP) is 2.31. The minimum absolute atomic E-state index is 0.0376. The highest BCUT2D eigenvalue weighted by atomic mass is 35.5. The molecule has 1 amide bonds. The molecule has 1 aromatic rings. The summed E-state index contributed by atoms with van der Waals surface area (Å²) in [7, 11) is 0. The van der Waals surface area contributed by atoms with Gasteiger partial charge in [0, 0.05) is 31.2 Å². The second kappa shape index (κ2) is 8.08. The summed E-state index contributed by atoms with van der Waals surface area (Å²) < 4.78 is 16.0. The van der Waals surface area contributed by atoms with E-state index in [4.69, 9.17) is 25.8 Å². The lowest BCUT2D eigenvalue weighted by Gasteiger charge is -2.35. The number of morpholine rings is 1. The molecule has 0 aromatic heterocycles. The molecule has 2 heterocycles. The van der Waals surface area contributed by atoms with Crippen LogP contribution in [-0.4, -0.2) is 56.0 Å². The maximum Gasteiger partial charge on any atom is 0.244 e. The van der Waals surface area contributed by atoms with Crippen molar-refractivity contribution in [1.82, 2.24) is 10.2 Å². The molecule has 2 unspecified atom stereocenters. The van der Waals surface area contributed by atoms with Crippen molar-refractivity contribution >= 4 is 23.6 Å². The van der Waals surface area contributed by atoms with Gasteiger partial charge >= 0.3 is 0 Å². The van der Waals surface area contributed by atoms with Gasteiger partial charge in [-0.3, -0.25) is 9.69 Å². The Morgan fingerprint density at radius 2 is 2.04 bits per heavy atom. The van der Waals surface area contributed by atoms with E-state index >= 15 is 0 Å². The van der Waals surface area contributed by atoms with E-state index in [1.54, 1.807) is 18.2 Å². The van der Waals surface area contributed by atoms with Crippen LogP contribution in [-0.2, 0) is 9.53 Å². The molecule has 1 aromatic carbocycles. The lowest BCUT2D eigenvalue weighted by atomic mass is 10.1. The minimum Gasteiger partial charge on any atom is -0.454 e. The van der Waals surface area contributed by atoms with Crippen LogP contribution in [0.15, 0.2) is 18.2 Å². The van der Waals surface area contributed by atoms with Gasteiger partial charge in [-0.1, -0.05) is 11.6 Å². The quantitative estimate of drug-likeness (QED) is 0.810. The van der Waals surface area contributed by atoms with Crippen molar-refractivity contribution in [3.63, 3.8) is 0 Å². The zero-order valence-electron chi connectivity index (χ0n) is 14.5. The summed E-state index contributed by atoms with van der Waals surface area (Å²) in [6, 6.07) is 3.84. The van der Waals surface area contributed by atoms with Crippen LogP contribution in [0.5, 0.6) is 11.5 Å². The fourth-order valence-electron chi connectivity index (χ4n) is 2.95. The number of carbonyl (C=O) groups is 1. The average Bonchev–Trinajstić information content (AvgIpc) is 3.09. The van der Waals surface area contributed by atoms with Gasteiger partial charge in [-0.15, -0.1) is 0 Å². The number of carbonyl (C=O) groups excluding carboxylic acids is 1. The molecule has 0 spiro atoms. The van der Waals surface area contributed by atoms with Crippen molar-refractivity contribution < 1.29 is 19.0 Å². The average molecular weight is 367 g/mol. The Kier molecular flexibility index (Phi) is 5.83. The van der Waals surface area contributed by atoms with Crippen LogP contribution in [0.2, 0.25) is 5.02 Å². The van der Waals surface area contributed by atoms with Crippen LogP contribution in [0.25, 0.3) is 6.08 Å². The number of halogens is 1. The van der Waals surface area contributed by atoms with Crippen molar-refractivity contribution in [3.8, 4) is 11.5 Å². The molecule has 6 nitrogen and oxygen atoms in total. The normalized spacial score (nSPS) is 19.8. The molecular formula is C18H23ClN2O4. The van der Waals surface area contributed by atoms with Gasteiger partial charge in [-0.25, -0.2) is 0 Å². The van der Waals surface area contributed by atoms with E-state index < -0.39 is 0 Å². The standard InChI is InChI=1S/C18H23ClN2O4/c1-12(13(2)21-5-7-23-8-6-21)20-17(22)4-3-14-9-15(19)18-16(10-14)24-11-25-18/h3-4,9-10,12-13H,5-8,11H2,1-2H3,(H,20,22)/b4-3+. The minimum atomic E-state index is -0.138. The molecule has 0 radical (unpaired) electrons. The van der Waals surface area contributed by atoms with Gasteiger partial charge in [-0.05, 0) is 37.6 Å². The number of nitrogens with zero attached hydrogens (tertiary/aromatic N) is 1. The van der Waals surface area contributed by atoms with Gasteiger partial charge in [0.15, 0.2) is 11.5 Å². The lowest BCUT2D eigenvalue weighted by molar-refractivity contribution is -0.117. The third kappa shape index (κ3) is 4.45.